The highest BCUT2D eigenvalue weighted by Crippen LogP contribution is 2.22. The Kier molecular flexibility index (Phi) is 4.55. The molecule has 0 saturated heterocycles. The first-order valence-electron chi connectivity index (χ1n) is 7.21. The molecule has 0 fully saturated rings. The minimum atomic E-state index is -0.328. The average Bonchev–Trinajstić information content (AvgIpc) is 2.90. The first kappa shape index (κ1) is 16.5. The minimum Gasteiger partial charge on any atom is -0.295 e. The largest absolute Gasteiger partial charge is 0.295 e. The Morgan fingerprint density at radius 2 is 2.00 bits per heavy atom. The zero-order valence-corrected chi connectivity index (χ0v) is 14.6. The first-order chi connectivity index (χ1) is 11.5. The van der Waals surface area contributed by atoms with Gasteiger partial charge in [-0.3, -0.25) is 9.20 Å². The van der Waals surface area contributed by atoms with Crippen LogP contribution in [0.1, 0.15) is 28.7 Å². The Hall–Kier alpha value is -2.37. The Morgan fingerprint density at radius 3 is 2.75 bits per heavy atom. The fraction of sp³-hybridized carbons (Fsp3) is 0.118. The third-order valence-corrected chi connectivity index (χ3v) is 4.32. The van der Waals surface area contributed by atoms with Crippen molar-refractivity contribution < 1.29 is 4.79 Å². The van der Waals surface area contributed by atoms with Crippen LogP contribution in [0.2, 0.25) is 10.0 Å². The number of hydrazone groups is 1. The molecule has 0 bridgehead atoms. The highest BCUT2D eigenvalue weighted by molar-refractivity contribution is 6.42. The second-order valence-corrected chi connectivity index (χ2v) is 6.06. The molecule has 3 aromatic rings. The molecule has 0 aliphatic carbocycles. The predicted molar refractivity (Wildman–Crippen MR) is 96.1 cm³/mol. The summed E-state index contributed by atoms with van der Waals surface area (Å²) in [5, 5.41) is 5.05. The van der Waals surface area contributed by atoms with Gasteiger partial charge >= 0.3 is 0 Å². The quantitative estimate of drug-likeness (QED) is 0.564. The number of amides is 1. The summed E-state index contributed by atoms with van der Waals surface area (Å²) in [6, 6.07) is 10.7. The van der Waals surface area contributed by atoms with Gasteiger partial charge in [0.2, 0.25) is 0 Å². The average molecular weight is 361 g/mol. The van der Waals surface area contributed by atoms with Crippen LogP contribution in [0.5, 0.6) is 0 Å². The molecule has 5 nitrogen and oxygen atoms in total. The molecule has 0 aliphatic heterocycles. The normalized spacial score (nSPS) is 11.8. The molecule has 0 unspecified atom stereocenters. The van der Waals surface area contributed by atoms with Crippen molar-refractivity contribution in [2.45, 2.75) is 13.8 Å². The van der Waals surface area contributed by atoms with E-state index in [1.54, 1.807) is 42.6 Å². The molecule has 0 aliphatic rings. The van der Waals surface area contributed by atoms with Crippen LogP contribution in [0.25, 0.3) is 5.65 Å². The van der Waals surface area contributed by atoms with Gasteiger partial charge in [-0.15, -0.1) is 0 Å². The zero-order chi connectivity index (χ0) is 17.3. The Bertz CT molecular complexity index is 962. The summed E-state index contributed by atoms with van der Waals surface area (Å²) in [5.74, 6) is -0.328. The molecular weight excluding hydrogens is 347 g/mol. The lowest BCUT2D eigenvalue weighted by Crippen LogP contribution is -2.21. The number of aryl methyl sites for hydroxylation is 1. The molecule has 0 saturated carbocycles. The Balaban J connectivity index is 1.86. The van der Waals surface area contributed by atoms with Gasteiger partial charge in [-0.2, -0.15) is 5.10 Å². The lowest BCUT2D eigenvalue weighted by molar-refractivity contribution is 0.0948. The number of carbonyl (C=O) groups is 1. The van der Waals surface area contributed by atoms with E-state index in [0.29, 0.717) is 32.8 Å². The van der Waals surface area contributed by atoms with Crippen LogP contribution in [-0.2, 0) is 0 Å². The van der Waals surface area contributed by atoms with Gasteiger partial charge in [0, 0.05) is 6.20 Å². The molecule has 1 aromatic carbocycles. The van der Waals surface area contributed by atoms with E-state index >= 15 is 0 Å². The molecule has 122 valence electrons. The van der Waals surface area contributed by atoms with E-state index in [4.69, 9.17) is 23.2 Å². The smallest absolute Gasteiger partial charge is 0.290 e. The molecule has 24 heavy (non-hydrogen) atoms. The van der Waals surface area contributed by atoms with Crippen molar-refractivity contribution in [3.63, 3.8) is 0 Å². The van der Waals surface area contributed by atoms with Crippen LogP contribution in [0.4, 0.5) is 0 Å². The van der Waals surface area contributed by atoms with Crippen molar-refractivity contribution in [2.75, 3.05) is 0 Å². The molecule has 0 spiro atoms. The van der Waals surface area contributed by atoms with E-state index in [1.807, 2.05) is 18.2 Å². The molecule has 3 rings (SSSR count). The topological polar surface area (TPSA) is 58.8 Å². The fourth-order valence-corrected chi connectivity index (χ4v) is 2.66. The number of halogens is 2. The molecule has 1 N–H and O–H groups in total. The maximum atomic E-state index is 12.5. The number of nitrogens with zero attached hydrogens (tertiary/aromatic N) is 3. The molecule has 0 atom stereocenters. The summed E-state index contributed by atoms with van der Waals surface area (Å²) in [6.45, 7) is 3.57. The predicted octanol–water partition coefficient (Wildman–Crippen LogP) is 4.10. The Morgan fingerprint density at radius 1 is 1.21 bits per heavy atom. The number of rotatable bonds is 3. The van der Waals surface area contributed by atoms with Gasteiger partial charge in [0.05, 0.1) is 21.5 Å². The highest BCUT2D eigenvalue weighted by Gasteiger charge is 2.16. The second-order valence-electron chi connectivity index (χ2n) is 5.24. The van der Waals surface area contributed by atoms with Crippen LogP contribution in [0.3, 0.4) is 0 Å². The zero-order valence-electron chi connectivity index (χ0n) is 13.0. The van der Waals surface area contributed by atoms with Gasteiger partial charge in [0.25, 0.3) is 5.91 Å². The number of pyridine rings is 1. The lowest BCUT2D eigenvalue weighted by Gasteiger charge is -2.05. The van der Waals surface area contributed by atoms with E-state index < -0.39 is 0 Å². The van der Waals surface area contributed by atoms with Crippen molar-refractivity contribution in [3.05, 3.63) is 69.6 Å². The number of aromatic nitrogens is 2. The lowest BCUT2D eigenvalue weighted by atomic mass is 10.1. The molecular formula is C17H14Cl2N4O. The summed E-state index contributed by atoms with van der Waals surface area (Å²) in [7, 11) is 0. The van der Waals surface area contributed by atoms with Crippen molar-refractivity contribution >= 4 is 40.5 Å². The molecule has 1 amide bonds. The van der Waals surface area contributed by atoms with Crippen molar-refractivity contribution in [3.8, 4) is 0 Å². The number of imidazole rings is 1. The monoisotopic (exact) mass is 360 g/mol. The molecule has 2 aromatic heterocycles. The molecule has 0 radical (unpaired) electrons. The van der Waals surface area contributed by atoms with Gasteiger partial charge in [0.1, 0.15) is 11.3 Å². The number of nitrogens with one attached hydrogen (secondary N) is 1. The van der Waals surface area contributed by atoms with Crippen LogP contribution in [-0.4, -0.2) is 21.0 Å². The van der Waals surface area contributed by atoms with Crippen molar-refractivity contribution in [2.24, 2.45) is 5.10 Å². The van der Waals surface area contributed by atoms with Crippen LogP contribution >= 0.6 is 23.2 Å². The van der Waals surface area contributed by atoms with Crippen molar-refractivity contribution in [1.29, 1.82) is 0 Å². The van der Waals surface area contributed by atoms with E-state index in [-0.39, 0.29) is 5.91 Å². The maximum absolute atomic E-state index is 12.5. The summed E-state index contributed by atoms with van der Waals surface area (Å²) in [6.07, 6.45) is 1.79. The highest BCUT2D eigenvalue weighted by atomic mass is 35.5. The van der Waals surface area contributed by atoms with Gasteiger partial charge in [-0.1, -0.05) is 35.3 Å². The van der Waals surface area contributed by atoms with Gasteiger partial charge in [-0.25, -0.2) is 10.4 Å². The van der Waals surface area contributed by atoms with Gasteiger partial charge in [0.15, 0.2) is 0 Å². The summed E-state index contributed by atoms with van der Waals surface area (Å²) in [4.78, 5) is 16.8. The van der Waals surface area contributed by atoms with Gasteiger partial charge in [-0.05, 0) is 43.7 Å². The molecule has 2 heterocycles. The third-order valence-electron chi connectivity index (χ3n) is 3.58. The number of fused-ring (bicyclic) bond motifs is 1. The van der Waals surface area contributed by atoms with Crippen LogP contribution < -0.4 is 5.43 Å². The van der Waals surface area contributed by atoms with Gasteiger partial charge < -0.3 is 0 Å². The number of hydrogen-bond donors (Lipinski definition) is 1. The van der Waals surface area contributed by atoms with E-state index in [2.05, 4.69) is 15.5 Å². The maximum Gasteiger partial charge on any atom is 0.290 e. The summed E-state index contributed by atoms with van der Waals surface area (Å²) in [5.41, 5.74) is 5.77. The number of benzene rings is 1. The first-order valence-corrected chi connectivity index (χ1v) is 7.96. The standard InChI is InChI=1S/C17H14Cl2N4O/c1-10(12-6-7-13(18)14(19)9-12)21-22-17(24)16-11(2)20-15-5-3-4-8-23(15)16/h3-9H,1-2H3,(H,22,24)/b21-10-. The van der Waals surface area contributed by atoms with E-state index in [1.165, 1.54) is 0 Å². The van der Waals surface area contributed by atoms with Crippen LogP contribution in [0.15, 0.2) is 47.7 Å². The van der Waals surface area contributed by atoms with E-state index in [9.17, 15) is 4.79 Å². The minimum absolute atomic E-state index is 0.328. The van der Waals surface area contributed by atoms with Crippen molar-refractivity contribution in [1.82, 2.24) is 14.8 Å². The summed E-state index contributed by atoms with van der Waals surface area (Å²) < 4.78 is 1.73. The number of hydrogen-bond acceptors (Lipinski definition) is 3. The Labute approximate surface area is 148 Å². The fourth-order valence-electron chi connectivity index (χ4n) is 2.36. The molecule has 7 heteroatoms. The second kappa shape index (κ2) is 6.63. The van der Waals surface area contributed by atoms with E-state index in [0.717, 1.165) is 5.56 Å². The summed E-state index contributed by atoms with van der Waals surface area (Å²) >= 11 is 11.9. The number of carbonyl (C=O) groups excluding carboxylic acids is 1. The SMILES string of the molecule is C/C(=N/NC(=O)c1c(C)nc2ccccn12)c1ccc(Cl)c(Cl)c1. The van der Waals surface area contributed by atoms with Crippen LogP contribution in [0, 0.1) is 6.92 Å². The third kappa shape index (κ3) is 3.13.